The van der Waals surface area contributed by atoms with Crippen molar-refractivity contribution in [3.8, 4) is 0 Å². The number of amides is 1. The number of hydrogen-bond donors (Lipinski definition) is 2. The zero-order chi connectivity index (χ0) is 15.2. The number of nitrogens with zero attached hydrogens (tertiary/aromatic N) is 6. The third-order valence-electron chi connectivity index (χ3n) is 2.24. The van der Waals surface area contributed by atoms with Gasteiger partial charge in [-0.25, -0.2) is 5.43 Å². The van der Waals surface area contributed by atoms with Crippen LogP contribution in [0.2, 0.25) is 0 Å². The Labute approximate surface area is 117 Å². The molecule has 2 rings (SSSR count). The number of nitrogen functional groups attached to an aromatic ring is 1. The van der Waals surface area contributed by atoms with Crippen LogP contribution < -0.4 is 11.2 Å². The Morgan fingerprint density at radius 3 is 3.05 bits per heavy atom. The van der Waals surface area contributed by atoms with Crippen molar-refractivity contribution >= 4 is 23.8 Å². The lowest BCUT2D eigenvalue weighted by molar-refractivity contribution is -0.384. The molecule has 0 unspecified atom stereocenters. The highest BCUT2D eigenvalue weighted by Crippen LogP contribution is 2.11. The van der Waals surface area contributed by atoms with Crippen molar-refractivity contribution in [3.05, 3.63) is 39.9 Å². The third-order valence-corrected chi connectivity index (χ3v) is 2.24. The first kappa shape index (κ1) is 14.0. The largest absolute Gasteiger partial charge is 0.365 e. The smallest absolute Gasteiger partial charge is 0.270 e. The van der Waals surface area contributed by atoms with Crippen LogP contribution in [0.15, 0.2) is 29.4 Å². The van der Waals surface area contributed by atoms with Crippen molar-refractivity contribution in [2.45, 2.75) is 6.54 Å². The van der Waals surface area contributed by atoms with E-state index in [1.807, 2.05) is 0 Å². The maximum absolute atomic E-state index is 11.5. The Hall–Kier alpha value is -3.37. The van der Waals surface area contributed by atoms with E-state index in [0.717, 1.165) is 4.80 Å². The number of hydrogen-bond acceptors (Lipinski definition) is 8. The van der Waals surface area contributed by atoms with E-state index in [1.165, 1.54) is 24.4 Å². The van der Waals surface area contributed by atoms with Crippen molar-refractivity contribution in [3.63, 3.8) is 0 Å². The van der Waals surface area contributed by atoms with Crippen LogP contribution in [0, 0.1) is 10.1 Å². The highest BCUT2D eigenvalue weighted by molar-refractivity contribution is 5.82. The van der Waals surface area contributed by atoms with Gasteiger partial charge in [-0.3, -0.25) is 14.9 Å². The molecular weight excluding hydrogens is 280 g/mol. The van der Waals surface area contributed by atoms with Gasteiger partial charge in [-0.1, -0.05) is 17.2 Å². The zero-order valence-electron chi connectivity index (χ0n) is 10.6. The lowest BCUT2D eigenvalue weighted by Crippen LogP contribution is -2.24. The van der Waals surface area contributed by atoms with E-state index in [0.29, 0.717) is 5.56 Å². The molecule has 0 aliphatic heterocycles. The summed E-state index contributed by atoms with van der Waals surface area (Å²) in [6, 6.07) is 5.82. The molecule has 0 bridgehead atoms. The summed E-state index contributed by atoms with van der Waals surface area (Å²) in [5.41, 5.74) is 7.89. The van der Waals surface area contributed by atoms with Gasteiger partial charge in [-0.05, 0) is 5.21 Å². The van der Waals surface area contributed by atoms with E-state index >= 15 is 0 Å². The van der Waals surface area contributed by atoms with Gasteiger partial charge in [0.15, 0.2) is 0 Å². The lowest BCUT2D eigenvalue weighted by atomic mass is 10.2. The SMILES string of the molecule is Nc1nnn(CC(=O)N/N=C\c2cccc([N+](=O)[O-])c2)n1. The number of hydrazone groups is 1. The maximum Gasteiger partial charge on any atom is 0.270 e. The van der Waals surface area contributed by atoms with Gasteiger partial charge >= 0.3 is 0 Å². The fourth-order valence-corrected chi connectivity index (χ4v) is 1.38. The van der Waals surface area contributed by atoms with Crippen LogP contribution in [0.5, 0.6) is 0 Å². The molecule has 1 aromatic carbocycles. The van der Waals surface area contributed by atoms with Crippen LogP contribution in [-0.2, 0) is 11.3 Å². The van der Waals surface area contributed by atoms with Gasteiger partial charge in [0, 0.05) is 17.7 Å². The maximum atomic E-state index is 11.5. The molecule has 0 saturated heterocycles. The first-order valence-corrected chi connectivity index (χ1v) is 5.64. The van der Waals surface area contributed by atoms with Gasteiger partial charge in [-0.2, -0.15) is 9.90 Å². The zero-order valence-corrected chi connectivity index (χ0v) is 10.6. The number of carbonyl (C=O) groups is 1. The fourth-order valence-electron chi connectivity index (χ4n) is 1.38. The summed E-state index contributed by atoms with van der Waals surface area (Å²) in [5, 5.41) is 24.8. The minimum Gasteiger partial charge on any atom is -0.365 e. The number of rotatable bonds is 5. The van der Waals surface area contributed by atoms with Crippen LogP contribution in [0.25, 0.3) is 0 Å². The Morgan fingerprint density at radius 1 is 1.57 bits per heavy atom. The summed E-state index contributed by atoms with van der Waals surface area (Å²) in [5.74, 6) is -0.531. The van der Waals surface area contributed by atoms with Gasteiger partial charge in [0.25, 0.3) is 17.5 Å². The predicted octanol–water partition coefficient (Wildman–Crippen LogP) is -0.686. The molecule has 0 aliphatic rings. The van der Waals surface area contributed by atoms with E-state index < -0.39 is 10.8 Å². The molecule has 0 radical (unpaired) electrons. The second-order valence-electron chi connectivity index (χ2n) is 3.82. The number of carbonyl (C=O) groups excluding carboxylic acids is 1. The molecule has 0 atom stereocenters. The molecule has 1 heterocycles. The average Bonchev–Trinajstić information content (AvgIpc) is 2.84. The van der Waals surface area contributed by atoms with Crippen LogP contribution in [0.1, 0.15) is 5.56 Å². The number of nitro benzene ring substituents is 1. The van der Waals surface area contributed by atoms with E-state index in [-0.39, 0.29) is 18.2 Å². The number of nitrogens with one attached hydrogen (secondary N) is 1. The second kappa shape index (κ2) is 6.18. The van der Waals surface area contributed by atoms with Gasteiger partial charge < -0.3 is 5.73 Å². The topological polar surface area (TPSA) is 154 Å². The Bertz CT molecular complexity index is 695. The Morgan fingerprint density at radius 2 is 2.38 bits per heavy atom. The quantitative estimate of drug-likeness (QED) is 0.419. The lowest BCUT2D eigenvalue weighted by Gasteiger charge is -1.98. The number of benzene rings is 1. The van der Waals surface area contributed by atoms with E-state index in [1.54, 1.807) is 6.07 Å². The van der Waals surface area contributed by atoms with Crippen molar-refractivity contribution in [2.24, 2.45) is 5.10 Å². The van der Waals surface area contributed by atoms with E-state index in [4.69, 9.17) is 5.73 Å². The molecule has 3 N–H and O–H groups in total. The Balaban J connectivity index is 1.91. The fraction of sp³-hybridized carbons (Fsp3) is 0.100. The predicted molar refractivity (Wildman–Crippen MR) is 71.1 cm³/mol. The van der Waals surface area contributed by atoms with Crippen molar-refractivity contribution in [2.75, 3.05) is 5.73 Å². The van der Waals surface area contributed by atoms with E-state index in [9.17, 15) is 14.9 Å². The number of nitro groups is 1. The van der Waals surface area contributed by atoms with Crippen LogP contribution in [0.4, 0.5) is 11.6 Å². The standard InChI is InChI=1S/C10H10N8O3/c11-10-14-16-17(15-10)6-9(19)13-12-5-7-2-1-3-8(4-7)18(20)21/h1-5H,6H2,(H2,11,15)(H,13,19)/b12-5-. The number of aromatic nitrogens is 4. The molecule has 0 saturated carbocycles. The molecule has 2 aromatic rings. The van der Waals surface area contributed by atoms with Gasteiger partial charge in [0.2, 0.25) is 0 Å². The van der Waals surface area contributed by atoms with Gasteiger partial charge in [0.1, 0.15) is 6.54 Å². The normalized spacial score (nSPS) is 10.7. The first-order valence-electron chi connectivity index (χ1n) is 5.64. The highest BCUT2D eigenvalue weighted by atomic mass is 16.6. The van der Waals surface area contributed by atoms with Crippen LogP contribution in [-0.4, -0.2) is 37.3 Å². The third kappa shape index (κ3) is 4.05. The molecule has 0 aliphatic carbocycles. The molecular formula is C10H10N8O3. The minimum absolute atomic E-state index is 0.0390. The summed E-state index contributed by atoms with van der Waals surface area (Å²) >= 11 is 0. The number of anilines is 1. The van der Waals surface area contributed by atoms with E-state index in [2.05, 4.69) is 25.9 Å². The summed E-state index contributed by atoms with van der Waals surface area (Å²) in [6.07, 6.45) is 1.29. The monoisotopic (exact) mass is 290 g/mol. The van der Waals surface area contributed by atoms with Crippen molar-refractivity contribution < 1.29 is 9.72 Å². The first-order chi connectivity index (χ1) is 10.0. The Kier molecular flexibility index (Phi) is 4.14. The summed E-state index contributed by atoms with van der Waals surface area (Å²) < 4.78 is 0. The molecule has 11 nitrogen and oxygen atoms in total. The molecule has 1 amide bonds. The molecule has 0 fully saturated rings. The van der Waals surface area contributed by atoms with Gasteiger partial charge in [0.05, 0.1) is 11.1 Å². The summed E-state index contributed by atoms with van der Waals surface area (Å²) in [4.78, 5) is 22.6. The number of nitrogens with two attached hydrogens (primary N) is 1. The molecule has 108 valence electrons. The number of non-ortho nitro benzene ring substituents is 1. The van der Waals surface area contributed by atoms with Crippen LogP contribution >= 0.6 is 0 Å². The van der Waals surface area contributed by atoms with Gasteiger partial charge in [-0.15, -0.1) is 5.10 Å². The average molecular weight is 290 g/mol. The van der Waals surface area contributed by atoms with Crippen molar-refractivity contribution in [1.29, 1.82) is 0 Å². The number of tetrazole rings is 1. The summed E-state index contributed by atoms with van der Waals surface area (Å²) in [7, 11) is 0. The second-order valence-corrected chi connectivity index (χ2v) is 3.82. The molecule has 1 aromatic heterocycles. The highest BCUT2D eigenvalue weighted by Gasteiger charge is 2.06. The van der Waals surface area contributed by atoms with Crippen LogP contribution in [0.3, 0.4) is 0 Å². The minimum atomic E-state index is -0.517. The van der Waals surface area contributed by atoms with Crippen molar-refractivity contribution in [1.82, 2.24) is 25.6 Å². The molecule has 11 heteroatoms. The summed E-state index contributed by atoms with van der Waals surface area (Å²) in [6.45, 7) is -0.198. The molecule has 21 heavy (non-hydrogen) atoms. The molecule has 0 spiro atoms.